The number of carbonyl (C=O) groups is 1. The molecular weight excluding hydrogens is 254 g/mol. The van der Waals surface area contributed by atoms with Crippen LogP contribution in [0.1, 0.15) is 22.6 Å². The molecule has 2 amide bonds. The molecule has 1 aromatic heterocycles. The van der Waals surface area contributed by atoms with Crippen LogP contribution in [0, 0.1) is 13.8 Å². The molecule has 0 aliphatic heterocycles. The van der Waals surface area contributed by atoms with Gasteiger partial charge in [-0.15, -0.1) is 0 Å². The van der Waals surface area contributed by atoms with E-state index in [1.807, 2.05) is 19.1 Å². The van der Waals surface area contributed by atoms with Gasteiger partial charge in [-0.25, -0.2) is 4.79 Å². The van der Waals surface area contributed by atoms with Gasteiger partial charge in [-0.3, -0.25) is 0 Å². The summed E-state index contributed by atoms with van der Waals surface area (Å²) >= 11 is 0. The van der Waals surface area contributed by atoms with E-state index in [2.05, 4.69) is 34.8 Å². The molecule has 2 N–H and O–H groups in total. The van der Waals surface area contributed by atoms with Crippen LogP contribution in [0.25, 0.3) is 0 Å². The van der Waals surface area contributed by atoms with Crippen LogP contribution < -0.4 is 10.6 Å². The molecule has 2 rings (SSSR count). The number of aromatic nitrogens is 1. The van der Waals surface area contributed by atoms with E-state index in [1.165, 1.54) is 11.1 Å². The number of aryl methyl sites for hydroxylation is 2. The fraction of sp³-hybridized carbons (Fsp3) is 0.333. The first-order valence-corrected chi connectivity index (χ1v) is 6.63. The number of benzene rings is 1. The highest BCUT2D eigenvalue weighted by Gasteiger charge is 2.04. The first-order valence-electron chi connectivity index (χ1n) is 6.63. The van der Waals surface area contributed by atoms with Crippen molar-refractivity contribution < 1.29 is 9.32 Å². The predicted octanol–water partition coefficient (Wildman–Crippen LogP) is 2.33. The average Bonchev–Trinajstić information content (AvgIpc) is 2.84. The van der Waals surface area contributed by atoms with Crippen LogP contribution >= 0.6 is 0 Å². The molecule has 2 aromatic rings. The van der Waals surface area contributed by atoms with E-state index in [0.29, 0.717) is 13.1 Å². The van der Waals surface area contributed by atoms with Crippen molar-refractivity contribution >= 4 is 6.03 Å². The first-order chi connectivity index (χ1) is 9.65. The molecule has 20 heavy (non-hydrogen) atoms. The third-order valence-electron chi connectivity index (χ3n) is 3.05. The van der Waals surface area contributed by atoms with Crippen LogP contribution in [0.15, 0.2) is 34.9 Å². The van der Waals surface area contributed by atoms with Crippen LogP contribution in [0.5, 0.6) is 0 Å². The van der Waals surface area contributed by atoms with Crippen LogP contribution in [-0.4, -0.2) is 17.7 Å². The van der Waals surface area contributed by atoms with Crippen LogP contribution in [-0.2, 0) is 13.0 Å². The maximum atomic E-state index is 11.6. The smallest absolute Gasteiger partial charge is 0.315 e. The SMILES string of the molecule is Cc1cc(CNC(=O)NCCc2ccccc2C)no1. The summed E-state index contributed by atoms with van der Waals surface area (Å²) in [5, 5.41) is 9.38. The Bertz CT molecular complexity index is 578. The molecule has 0 fully saturated rings. The summed E-state index contributed by atoms with van der Waals surface area (Å²) in [7, 11) is 0. The highest BCUT2D eigenvalue weighted by Crippen LogP contribution is 2.06. The van der Waals surface area contributed by atoms with E-state index in [0.717, 1.165) is 17.9 Å². The fourth-order valence-corrected chi connectivity index (χ4v) is 1.94. The Morgan fingerprint density at radius 2 is 2.05 bits per heavy atom. The van der Waals surface area contributed by atoms with Crippen LogP contribution in [0.3, 0.4) is 0 Å². The van der Waals surface area contributed by atoms with E-state index in [4.69, 9.17) is 4.52 Å². The second-order valence-electron chi connectivity index (χ2n) is 4.71. The van der Waals surface area contributed by atoms with Crippen LogP contribution in [0.4, 0.5) is 4.79 Å². The summed E-state index contributed by atoms with van der Waals surface area (Å²) in [5.74, 6) is 0.738. The van der Waals surface area contributed by atoms with E-state index in [1.54, 1.807) is 6.07 Å². The number of hydrogen-bond acceptors (Lipinski definition) is 3. The molecule has 0 aliphatic carbocycles. The molecular formula is C15H19N3O2. The molecule has 0 atom stereocenters. The zero-order chi connectivity index (χ0) is 14.4. The molecule has 5 nitrogen and oxygen atoms in total. The lowest BCUT2D eigenvalue weighted by Gasteiger charge is -2.08. The Hall–Kier alpha value is -2.30. The van der Waals surface area contributed by atoms with E-state index in [9.17, 15) is 4.79 Å². The number of nitrogens with zero attached hydrogens (tertiary/aromatic N) is 1. The number of carbonyl (C=O) groups excluding carboxylic acids is 1. The van der Waals surface area contributed by atoms with Gasteiger partial charge in [0, 0.05) is 12.6 Å². The van der Waals surface area contributed by atoms with Gasteiger partial charge in [0.15, 0.2) is 0 Å². The van der Waals surface area contributed by atoms with Crippen molar-refractivity contribution in [3.63, 3.8) is 0 Å². The molecule has 0 radical (unpaired) electrons. The Balaban J connectivity index is 1.69. The third kappa shape index (κ3) is 4.12. The van der Waals surface area contributed by atoms with Crippen molar-refractivity contribution in [3.8, 4) is 0 Å². The Morgan fingerprint density at radius 3 is 2.75 bits per heavy atom. The highest BCUT2D eigenvalue weighted by molar-refractivity contribution is 5.73. The van der Waals surface area contributed by atoms with Crippen molar-refractivity contribution in [3.05, 3.63) is 52.9 Å². The van der Waals surface area contributed by atoms with Gasteiger partial charge >= 0.3 is 6.03 Å². The Kier molecular flexibility index (Phi) is 4.76. The second-order valence-corrected chi connectivity index (χ2v) is 4.71. The maximum Gasteiger partial charge on any atom is 0.315 e. The van der Waals surface area contributed by atoms with Crippen molar-refractivity contribution in [2.75, 3.05) is 6.54 Å². The molecule has 1 heterocycles. The summed E-state index contributed by atoms with van der Waals surface area (Å²) in [4.78, 5) is 11.6. The Labute approximate surface area is 118 Å². The molecule has 0 bridgehead atoms. The summed E-state index contributed by atoms with van der Waals surface area (Å²) in [6.45, 7) is 4.86. The predicted molar refractivity (Wildman–Crippen MR) is 76.4 cm³/mol. The van der Waals surface area contributed by atoms with Gasteiger partial charge in [0.25, 0.3) is 0 Å². The minimum Gasteiger partial charge on any atom is -0.361 e. The average molecular weight is 273 g/mol. The molecule has 106 valence electrons. The summed E-state index contributed by atoms with van der Waals surface area (Å²) in [6.07, 6.45) is 0.823. The number of amides is 2. The van der Waals surface area contributed by atoms with E-state index >= 15 is 0 Å². The summed E-state index contributed by atoms with van der Waals surface area (Å²) < 4.78 is 4.93. The highest BCUT2D eigenvalue weighted by atomic mass is 16.5. The van der Waals surface area contributed by atoms with Crippen LogP contribution in [0.2, 0.25) is 0 Å². The number of hydrogen-bond donors (Lipinski definition) is 2. The van der Waals surface area contributed by atoms with Gasteiger partial charge in [0.2, 0.25) is 0 Å². The molecule has 5 heteroatoms. The van der Waals surface area contributed by atoms with Gasteiger partial charge in [0.1, 0.15) is 11.5 Å². The van der Waals surface area contributed by atoms with Crippen molar-refractivity contribution in [1.82, 2.24) is 15.8 Å². The standard InChI is InChI=1S/C15H19N3O2/c1-11-5-3-4-6-13(11)7-8-16-15(19)17-10-14-9-12(2)20-18-14/h3-6,9H,7-8,10H2,1-2H3,(H2,16,17,19). The zero-order valence-electron chi connectivity index (χ0n) is 11.8. The lowest BCUT2D eigenvalue weighted by atomic mass is 10.1. The largest absolute Gasteiger partial charge is 0.361 e. The van der Waals surface area contributed by atoms with Gasteiger partial charge < -0.3 is 15.2 Å². The van der Waals surface area contributed by atoms with Gasteiger partial charge in [-0.05, 0) is 31.4 Å². The summed E-state index contributed by atoms with van der Waals surface area (Å²) in [6, 6.07) is 9.77. The van der Waals surface area contributed by atoms with Crippen molar-refractivity contribution in [2.24, 2.45) is 0 Å². The normalized spacial score (nSPS) is 10.3. The van der Waals surface area contributed by atoms with Gasteiger partial charge in [-0.2, -0.15) is 0 Å². The number of rotatable bonds is 5. The Morgan fingerprint density at radius 1 is 1.25 bits per heavy atom. The monoisotopic (exact) mass is 273 g/mol. The molecule has 0 spiro atoms. The maximum absolute atomic E-state index is 11.6. The lowest BCUT2D eigenvalue weighted by molar-refractivity contribution is 0.240. The minimum absolute atomic E-state index is 0.195. The van der Waals surface area contributed by atoms with Gasteiger partial charge in [-0.1, -0.05) is 29.4 Å². The summed E-state index contributed by atoms with van der Waals surface area (Å²) in [5.41, 5.74) is 3.21. The minimum atomic E-state index is -0.195. The van der Waals surface area contributed by atoms with E-state index in [-0.39, 0.29) is 6.03 Å². The molecule has 0 unspecified atom stereocenters. The molecule has 0 saturated heterocycles. The first kappa shape index (κ1) is 14.1. The zero-order valence-corrected chi connectivity index (χ0v) is 11.8. The lowest BCUT2D eigenvalue weighted by Crippen LogP contribution is -2.36. The van der Waals surface area contributed by atoms with Crippen molar-refractivity contribution in [2.45, 2.75) is 26.8 Å². The quantitative estimate of drug-likeness (QED) is 0.878. The van der Waals surface area contributed by atoms with E-state index < -0.39 is 0 Å². The second kappa shape index (κ2) is 6.75. The number of urea groups is 1. The van der Waals surface area contributed by atoms with Gasteiger partial charge in [0.05, 0.1) is 6.54 Å². The molecule has 1 aromatic carbocycles. The molecule has 0 aliphatic rings. The fourth-order valence-electron chi connectivity index (χ4n) is 1.94. The molecule has 0 saturated carbocycles. The topological polar surface area (TPSA) is 67.2 Å². The third-order valence-corrected chi connectivity index (χ3v) is 3.05. The van der Waals surface area contributed by atoms with Crippen molar-refractivity contribution in [1.29, 1.82) is 0 Å². The number of nitrogens with one attached hydrogen (secondary N) is 2.